The molecule has 0 bridgehead atoms. The minimum absolute atomic E-state index is 0.860. The van der Waals surface area contributed by atoms with Crippen molar-refractivity contribution < 1.29 is 0 Å². The van der Waals surface area contributed by atoms with Gasteiger partial charge in [0.2, 0.25) is 0 Å². The van der Waals surface area contributed by atoms with Crippen LogP contribution in [0.2, 0.25) is 0 Å². The Morgan fingerprint density at radius 3 is 3.20 bits per heavy atom. The van der Waals surface area contributed by atoms with Crippen molar-refractivity contribution in [3.8, 4) is 0 Å². The van der Waals surface area contributed by atoms with Crippen molar-refractivity contribution in [3.05, 3.63) is 24.9 Å². The van der Waals surface area contributed by atoms with Gasteiger partial charge in [-0.2, -0.15) is 0 Å². The minimum atomic E-state index is 0.860. The molecule has 0 unspecified atom stereocenters. The standard InChI is InChI=1S/C6H7N3S/c1-2-5-10-6-3-4-7-9-8-6/h2-4H,1,5H2. The first-order chi connectivity index (χ1) is 4.93. The van der Waals surface area contributed by atoms with E-state index in [0.717, 1.165) is 10.8 Å². The topological polar surface area (TPSA) is 38.7 Å². The molecule has 1 heterocycles. The third kappa shape index (κ3) is 2.14. The number of hydrogen-bond donors (Lipinski definition) is 0. The summed E-state index contributed by atoms with van der Waals surface area (Å²) in [6, 6.07) is 1.82. The Hall–Kier alpha value is -0.900. The first kappa shape index (κ1) is 7.21. The van der Waals surface area contributed by atoms with Gasteiger partial charge in [0, 0.05) is 5.75 Å². The van der Waals surface area contributed by atoms with E-state index in [0.29, 0.717) is 0 Å². The Morgan fingerprint density at radius 2 is 2.60 bits per heavy atom. The molecule has 0 spiro atoms. The zero-order valence-corrected chi connectivity index (χ0v) is 6.21. The van der Waals surface area contributed by atoms with Crippen LogP contribution in [-0.4, -0.2) is 21.2 Å². The summed E-state index contributed by atoms with van der Waals surface area (Å²) < 4.78 is 0. The largest absolute Gasteiger partial charge is 0.139 e. The van der Waals surface area contributed by atoms with Crippen molar-refractivity contribution in [3.63, 3.8) is 0 Å². The second-order valence-corrected chi connectivity index (χ2v) is 2.60. The van der Waals surface area contributed by atoms with Crippen LogP contribution in [0.15, 0.2) is 29.9 Å². The van der Waals surface area contributed by atoms with Gasteiger partial charge in [-0.25, -0.2) is 0 Å². The van der Waals surface area contributed by atoms with E-state index in [1.165, 1.54) is 0 Å². The van der Waals surface area contributed by atoms with E-state index in [1.807, 2.05) is 12.1 Å². The summed E-state index contributed by atoms with van der Waals surface area (Å²) in [6.07, 6.45) is 3.45. The van der Waals surface area contributed by atoms with Gasteiger partial charge in [-0.05, 0) is 11.3 Å². The Balaban J connectivity index is 2.50. The first-order valence-electron chi connectivity index (χ1n) is 2.81. The molecule has 0 atom stereocenters. The molecule has 3 nitrogen and oxygen atoms in total. The molecular weight excluding hydrogens is 146 g/mol. The lowest BCUT2D eigenvalue weighted by Crippen LogP contribution is -1.86. The quantitative estimate of drug-likeness (QED) is 0.482. The SMILES string of the molecule is C=CCSc1ccnnn1. The minimum Gasteiger partial charge on any atom is -0.139 e. The molecule has 0 amide bonds. The van der Waals surface area contributed by atoms with Crippen molar-refractivity contribution >= 4 is 11.8 Å². The molecule has 0 aliphatic heterocycles. The predicted octanol–water partition coefficient (Wildman–Crippen LogP) is 1.15. The maximum absolute atomic E-state index is 3.77. The maximum atomic E-state index is 3.77. The molecule has 0 N–H and O–H groups in total. The fraction of sp³-hybridized carbons (Fsp3) is 0.167. The molecule has 52 valence electrons. The van der Waals surface area contributed by atoms with Crippen LogP contribution in [-0.2, 0) is 0 Å². The molecule has 0 aromatic carbocycles. The zero-order chi connectivity index (χ0) is 7.23. The lowest BCUT2D eigenvalue weighted by atomic mass is 10.7. The number of hydrogen-bond acceptors (Lipinski definition) is 4. The molecule has 1 rings (SSSR count). The smallest absolute Gasteiger partial charge is 0.122 e. The van der Waals surface area contributed by atoms with Gasteiger partial charge in [-0.1, -0.05) is 6.08 Å². The number of rotatable bonds is 3. The van der Waals surface area contributed by atoms with Crippen LogP contribution in [0.1, 0.15) is 0 Å². The van der Waals surface area contributed by atoms with Gasteiger partial charge in [0.05, 0.1) is 6.20 Å². The van der Waals surface area contributed by atoms with Crippen molar-refractivity contribution in [2.45, 2.75) is 5.03 Å². The summed E-state index contributed by atoms with van der Waals surface area (Å²) >= 11 is 1.59. The summed E-state index contributed by atoms with van der Waals surface area (Å²) in [5, 5.41) is 11.7. The van der Waals surface area contributed by atoms with Gasteiger partial charge >= 0.3 is 0 Å². The Bertz CT molecular complexity index is 199. The van der Waals surface area contributed by atoms with Crippen LogP contribution in [0.3, 0.4) is 0 Å². The van der Waals surface area contributed by atoms with E-state index in [9.17, 15) is 0 Å². The third-order valence-corrected chi connectivity index (χ3v) is 1.74. The number of aromatic nitrogens is 3. The molecule has 0 aliphatic carbocycles. The molecule has 10 heavy (non-hydrogen) atoms. The number of thioether (sulfide) groups is 1. The second-order valence-electron chi connectivity index (χ2n) is 1.56. The molecule has 0 radical (unpaired) electrons. The van der Waals surface area contributed by atoms with E-state index in [1.54, 1.807) is 18.0 Å². The van der Waals surface area contributed by atoms with Crippen LogP contribution in [0.25, 0.3) is 0 Å². The van der Waals surface area contributed by atoms with E-state index >= 15 is 0 Å². The lowest BCUT2D eigenvalue weighted by Gasteiger charge is -1.91. The molecule has 0 saturated heterocycles. The van der Waals surface area contributed by atoms with Gasteiger partial charge in [-0.3, -0.25) is 0 Å². The highest BCUT2D eigenvalue weighted by atomic mass is 32.2. The van der Waals surface area contributed by atoms with E-state index in [-0.39, 0.29) is 0 Å². The zero-order valence-electron chi connectivity index (χ0n) is 5.40. The summed E-state index contributed by atoms with van der Waals surface area (Å²) in [7, 11) is 0. The number of nitrogens with zero attached hydrogens (tertiary/aromatic N) is 3. The van der Waals surface area contributed by atoms with E-state index < -0.39 is 0 Å². The van der Waals surface area contributed by atoms with Crippen LogP contribution in [0.4, 0.5) is 0 Å². The average molecular weight is 153 g/mol. The fourth-order valence-corrected chi connectivity index (χ4v) is 0.991. The Labute approximate surface area is 63.6 Å². The molecular formula is C6H7N3S. The van der Waals surface area contributed by atoms with Gasteiger partial charge < -0.3 is 0 Å². The Morgan fingerprint density at radius 1 is 1.70 bits per heavy atom. The van der Waals surface area contributed by atoms with E-state index in [2.05, 4.69) is 22.0 Å². The molecule has 4 heteroatoms. The highest BCUT2D eigenvalue weighted by Crippen LogP contribution is 2.11. The highest BCUT2D eigenvalue weighted by Gasteiger charge is 1.90. The molecule has 0 saturated carbocycles. The van der Waals surface area contributed by atoms with Crippen molar-refractivity contribution in [1.82, 2.24) is 15.4 Å². The van der Waals surface area contributed by atoms with Crippen LogP contribution in [0.5, 0.6) is 0 Å². The lowest BCUT2D eigenvalue weighted by molar-refractivity contribution is 0.804. The van der Waals surface area contributed by atoms with Crippen LogP contribution < -0.4 is 0 Å². The highest BCUT2D eigenvalue weighted by molar-refractivity contribution is 7.99. The normalized spacial score (nSPS) is 9.20. The predicted molar refractivity (Wildman–Crippen MR) is 40.7 cm³/mol. The van der Waals surface area contributed by atoms with Gasteiger partial charge in [0.15, 0.2) is 0 Å². The van der Waals surface area contributed by atoms with Crippen molar-refractivity contribution in [2.24, 2.45) is 0 Å². The van der Waals surface area contributed by atoms with Crippen molar-refractivity contribution in [2.75, 3.05) is 5.75 Å². The molecule has 1 aromatic rings. The monoisotopic (exact) mass is 153 g/mol. The first-order valence-corrected chi connectivity index (χ1v) is 3.80. The van der Waals surface area contributed by atoms with E-state index in [4.69, 9.17) is 0 Å². The summed E-state index contributed by atoms with van der Waals surface area (Å²) in [5.41, 5.74) is 0. The van der Waals surface area contributed by atoms with Gasteiger partial charge in [-0.15, -0.1) is 28.5 Å². The van der Waals surface area contributed by atoms with Gasteiger partial charge in [0.25, 0.3) is 0 Å². The summed E-state index contributed by atoms with van der Waals surface area (Å²) in [6.45, 7) is 3.59. The van der Waals surface area contributed by atoms with Crippen LogP contribution >= 0.6 is 11.8 Å². The van der Waals surface area contributed by atoms with Gasteiger partial charge in [0.1, 0.15) is 5.03 Å². The molecule has 0 fully saturated rings. The average Bonchev–Trinajstić information content (AvgIpc) is 2.03. The Kier molecular flexibility index (Phi) is 2.89. The maximum Gasteiger partial charge on any atom is 0.122 e. The summed E-state index contributed by atoms with van der Waals surface area (Å²) in [4.78, 5) is 0. The molecule has 1 aromatic heterocycles. The molecule has 0 aliphatic rings. The fourth-order valence-electron chi connectivity index (χ4n) is 0.451. The second kappa shape index (κ2) is 4.00. The van der Waals surface area contributed by atoms with Crippen LogP contribution in [0, 0.1) is 0 Å². The van der Waals surface area contributed by atoms with Crippen molar-refractivity contribution in [1.29, 1.82) is 0 Å². The third-order valence-electron chi connectivity index (χ3n) is 0.828. The summed E-state index contributed by atoms with van der Waals surface area (Å²) in [5.74, 6) is 0.860.